The lowest BCUT2D eigenvalue weighted by atomic mass is 9.96. The molecular formula is C13H29NO10P2. The van der Waals surface area contributed by atoms with E-state index in [4.69, 9.17) is 25.7 Å². The van der Waals surface area contributed by atoms with Crippen molar-refractivity contribution in [1.29, 1.82) is 0 Å². The smallest absolute Gasteiger partial charge is 0.342 e. The van der Waals surface area contributed by atoms with Gasteiger partial charge in [-0.15, -0.1) is 0 Å². The van der Waals surface area contributed by atoms with Crippen molar-refractivity contribution in [2.24, 2.45) is 5.73 Å². The zero-order valence-corrected chi connectivity index (χ0v) is 16.6. The van der Waals surface area contributed by atoms with Crippen LogP contribution in [0.3, 0.4) is 0 Å². The number of nitrogens with two attached hydrogens (primary N) is 1. The fourth-order valence-corrected chi connectivity index (χ4v) is 4.33. The Morgan fingerprint density at radius 3 is 1.69 bits per heavy atom. The Bertz CT molecular complexity index is 539. The minimum absolute atomic E-state index is 0.0229. The SMILES string of the molecule is CCCC(CC(C(=O)O)P(=O)(O)O)(C(=O)O)P(=O)(O)O.CCCCCN. The summed E-state index contributed by atoms with van der Waals surface area (Å²) in [5, 5.41) is 15.0. The number of carboxylic acids is 2. The van der Waals surface area contributed by atoms with Crippen molar-refractivity contribution in [3.8, 4) is 0 Å². The Kier molecular flexibility index (Phi) is 12.5. The van der Waals surface area contributed by atoms with Gasteiger partial charge in [-0.3, -0.25) is 18.7 Å². The van der Waals surface area contributed by atoms with Crippen molar-refractivity contribution in [3.05, 3.63) is 0 Å². The Labute approximate surface area is 151 Å². The number of hydrogen-bond donors (Lipinski definition) is 7. The first kappa shape index (κ1) is 27.4. The van der Waals surface area contributed by atoms with Crippen LogP contribution in [0.2, 0.25) is 0 Å². The summed E-state index contributed by atoms with van der Waals surface area (Å²) in [5.41, 5.74) is 2.71. The van der Waals surface area contributed by atoms with Crippen LogP contribution in [0, 0.1) is 0 Å². The van der Waals surface area contributed by atoms with Crippen molar-refractivity contribution in [1.82, 2.24) is 0 Å². The quantitative estimate of drug-likeness (QED) is 0.184. The van der Waals surface area contributed by atoms with E-state index in [1.54, 1.807) is 0 Å². The van der Waals surface area contributed by atoms with Crippen LogP contribution < -0.4 is 5.73 Å². The van der Waals surface area contributed by atoms with E-state index in [0.29, 0.717) is 0 Å². The summed E-state index contributed by atoms with van der Waals surface area (Å²) in [6, 6.07) is 0. The molecule has 0 rings (SSSR count). The molecule has 11 nitrogen and oxygen atoms in total. The second-order valence-electron chi connectivity index (χ2n) is 5.77. The summed E-state index contributed by atoms with van der Waals surface area (Å²) in [6.45, 7) is 4.43. The van der Waals surface area contributed by atoms with Crippen LogP contribution in [-0.4, -0.2) is 59.1 Å². The number of carboxylic acid groups (broad SMARTS) is 2. The van der Waals surface area contributed by atoms with Crippen LogP contribution in [0.15, 0.2) is 0 Å². The average Bonchev–Trinajstić information content (AvgIpc) is 2.46. The third-order valence-electron chi connectivity index (χ3n) is 3.65. The Balaban J connectivity index is 0. The molecule has 8 N–H and O–H groups in total. The van der Waals surface area contributed by atoms with E-state index in [0.717, 1.165) is 6.54 Å². The number of aliphatic carboxylic acids is 2. The number of unbranched alkanes of at least 4 members (excludes halogenated alkanes) is 2. The van der Waals surface area contributed by atoms with E-state index in [-0.39, 0.29) is 6.42 Å². The molecule has 0 bridgehead atoms. The van der Waals surface area contributed by atoms with Gasteiger partial charge in [0.15, 0.2) is 10.8 Å². The molecule has 0 aromatic heterocycles. The summed E-state index contributed by atoms with van der Waals surface area (Å²) >= 11 is 0. The first-order valence-corrected chi connectivity index (χ1v) is 11.3. The molecule has 2 unspecified atom stereocenters. The van der Waals surface area contributed by atoms with Gasteiger partial charge >= 0.3 is 27.1 Å². The molecule has 0 saturated heterocycles. The molecule has 26 heavy (non-hydrogen) atoms. The Hall–Kier alpha value is -0.800. The van der Waals surface area contributed by atoms with Gasteiger partial charge in [-0.2, -0.15) is 0 Å². The second kappa shape index (κ2) is 11.8. The average molecular weight is 421 g/mol. The maximum Gasteiger partial charge on any atom is 0.342 e. The van der Waals surface area contributed by atoms with Gasteiger partial charge < -0.3 is 35.5 Å². The molecule has 0 spiro atoms. The third-order valence-corrected chi connectivity index (χ3v) is 6.58. The van der Waals surface area contributed by atoms with Gasteiger partial charge in [-0.1, -0.05) is 33.1 Å². The van der Waals surface area contributed by atoms with E-state index in [1.807, 2.05) is 0 Å². The lowest BCUT2D eigenvalue weighted by molar-refractivity contribution is -0.142. The molecule has 0 heterocycles. The summed E-state index contributed by atoms with van der Waals surface area (Å²) in [4.78, 5) is 58.3. The van der Waals surface area contributed by atoms with Crippen molar-refractivity contribution < 1.29 is 48.5 Å². The molecule has 0 aliphatic carbocycles. The van der Waals surface area contributed by atoms with E-state index in [9.17, 15) is 28.5 Å². The van der Waals surface area contributed by atoms with Crippen LogP contribution in [0.4, 0.5) is 0 Å². The molecule has 0 aliphatic rings. The highest BCUT2D eigenvalue weighted by atomic mass is 31.2. The highest BCUT2D eigenvalue weighted by molar-refractivity contribution is 7.55. The van der Waals surface area contributed by atoms with E-state index < -0.39 is 50.8 Å². The molecule has 0 aliphatic heterocycles. The fourth-order valence-electron chi connectivity index (χ4n) is 2.16. The van der Waals surface area contributed by atoms with Crippen molar-refractivity contribution >= 4 is 27.1 Å². The minimum Gasteiger partial charge on any atom is -0.481 e. The van der Waals surface area contributed by atoms with Crippen LogP contribution in [-0.2, 0) is 18.7 Å². The largest absolute Gasteiger partial charge is 0.481 e. The molecule has 0 saturated carbocycles. The molecule has 13 heteroatoms. The van der Waals surface area contributed by atoms with Crippen LogP contribution >= 0.6 is 15.2 Å². The van der Waals surface area contributed by atoms with E-state index in [1.165, 1.54) is 26.2 Å². The summed E-state index contributed by atoms with van der Waals surface area (Å²) in [7, 11) is -10.6. The molecule has 0 amide bonds. The maximum atomic E-state index is 11.4. The first-order valence-electron chi connectivity index (χ1n) is 7.98. The maximum absolute atomic E-state index is 11.4. The molecular weight excluding hydrogens is 392 g/mol. The Morgan fingerprint density at radius 1 is 1.00 bits per heavy atom. The predicted molar refractivity (Wildman–Crippen MR) is 94.0 cm³/mol. The van der Waals surface area contributed by atoms with Crippen LogP contribution in [0.1, 0.15) is 52.4 Å². The van der Waals surface area contributed by atoms with Crippen LogP contribution in [0.25, 0.3) is 0 Å². The summed E-state index contributed by atoms with van der Waals surface area (Å²) < 4.78 is 22.5. The van der Waals surface area contributed by atoms with Gasteiger partial charge in [0.2, 0.25) is 0 Å². The summed E-state index contributed by atoms with van der Waals surface area (Å²) in [6.07, 6.45) is 1.76. The van der Waals surface area contributed by atoms with Gasteiger partial charge in [-0.05, 0) is 25.8 Å². The van der Waals surface area contributed by atoms with Gasteiger partial charge in [0.25, 0.3) is 0 Å². The van der Waals surface area contributed by atoms with E-state index >= 15 is 0 Å². The monoisotopic (exact) mass is 421 g/mol. The molecule has 0 aromatic carbocycles. The highest BCUT2D eigenvalue weighted by Crippen LogP contribution is 2.59. The first-order chi connectivity index (χ1) is 11.7. The number of carbonyl (C=O) groups is 2. The van der Waals surface area contributed by atoms with Crippen LogP contribution in [0.5, 0.6) is 0 Å². The topological polar surface area (TPSA) is 216 Å². The molecule has 0 fully saturated rings. The minimum atomic E-state index is -5.35. The normalized spacial score (nSPS) is 15.3. The van der Waals surface area contributed by atoms with Gasteiger partial charge in [0, 0.05) is 0 Å². The molecule has 0 aromatic rings. The number of hydrogen-bond acceptors (Lipinski definition) is 5. The zero-order valence-electron chi connectivity index (χ0n) is 14.8. The van der Waals surface area contributed by atoms with Crippen molar-refractivity contribution in [3.63, 3.8) is 0 Å². The van der Waals surface area contributed by atoms with Gasteiger partial charge in [0.05, 0.1) is 0 Å². The lowest BCUT2D eigenvalue weighted by Crippen LogP contribution is -2.43. The van der Waals surface area contributed by atoms with Crippen molar-refractivity contribution in [2.75, 3.05) is 6.54 Å². The summed E-state index contributed by atoms with van der Waals surface area (Å²) in [5.74, 6) is -4.01. The molecule has 0 radical (unpaired) electrons. The van der Waals surface area contributed by atoms with E-state index in [2.05, 4.69) is 6.92 Å². The predicted octanol–water partition coefficient (Wildman–Crippen LogP) is 0.944. The fraction of sp³-hybridized carbons (Fsp3) is 0.846. The standard InChI is InChI=1S/C8H16O10P2.C5H13N/c1-2-3-8(7(11)12,20(16,17)18)4-5(6(9)10)19(13,14)15;1-2-3-4-5-6/h5H,2-4H2,1H3,(H,9,10)(H,11,12)(H2,13,14,15)(H2,16,17,18);2-6H2,1H3. The lowest BCUT2D eigenvalue weighted by Gasteiger charge is -2.32. The second-order valence-corrected chi connectivity index (χ2v) is 9.52. The zero-order chi connectivity index (χ0) is 21.2. The molecule has 156 valence electrons. The van der Waals surface area contributed by atoms with Gasteiger partial charge in [-0.25, -0.2) is 0 Å². The van der Waals surface area contributed by atoms with Crippen molar-refractivity contribution in [2.45, 2.75) is 63.2 Å². The Morgan fingerprint density at radius 2 is 1.50 bits per heavy atom. The molecule has 2 atom stereocenters. The highest BCUT2D eigenvalue weighted by Gasteiger charge is 2.57. The number of rotatable bonds is 11. The third kappa shape index (κ3) is 8.73. The van der Waals surface area contributed by atoms with Gasteiger partial charge in [0.1, 0.15) is 0 Å².